The fourth-order valence-electron chi connectivity index (χ4n) is 1.26. The average Bonchev–Trinajstić information content (AvgIpc) is 2.78. The van der Waals surface area contributed by atoms with Gasteiger partial charge in [-0.2, -0.15) is 0 Å². The molecule has 0 aliphatic carbocycles. The highest BCUT2D eigenvalue weighted by molar-refractivity contribution is 5.80. The second-order valence-electron chi connectivity index (χ2n) is 3.05. The number of hydrogen-bond acceptors (Lipinski definition) is 3. The van der Waals surface area contributed by atoms with Gasteiger partial charge >= 0.3 is 0 Å². The average molecular weight is 200 g/mol. The molecule has 0 aliphatic heterocycles. The zero-order chi connectivity index (χ0) is 10.7. The molecule has 2 aromatic rings. The zero-order valence-electron chi connectivity index (χ0n) is 8.13. The van der Waals surface area contributed by atoms with Crippen molar-refractivity contribution < 1.29 is 4.79 Å². The van der Waals surface area contributed by atoms with Crippen LogP contribution < -0.4 is 0 Å². The Labute approximate surface area is 87.6 Å². The molecule has 0 saturated carbocycles. The lowest BCUT2D eigenvalue weighted by Gasteiger charge is -1.95. The molecule has 0 bridgehead atoms. The van der Waals surface area contributed by atoms with Crippen molar-refractivity contribution in [3.8, 4) is 11.3 Å². The Bertz CT molecular complexity index is 462. The zero-order valence-corrected chi connectivity index (χ0v) is 8.13. The van der Waals surface area contributed by atoms with E-state index in [9.17, 15) is 4.79 Å². The van der Waals surface area contributed by atoms with Crippen LogP contribution in [0, 0.1) is 6.92 Å². The molecule has 0 aliphatic rings. The first-order valence-corrected chi connectivity index (χ1v) is 4.58. The third-order valence-electron chi connectivity index (χ3n) is 2.06. The maximum absolute atomic E-state index is 11.3. The molecule has 4 heteroatoms. The molecule has 0 aromatic carbocycles. The maximum atomic E-state index is 11.3. The van der Waals surface area contributed by atoms with Gasteiger partial charge in [-0.05, 0) is 19.1 Å². The molecular formula is C11H10N3O. The van der Waals surface area contributed by atoms with E-state index in [-0.39, 0.29) is 12.3 Å². The number of hydrogen-bond donors (Lipinski definition) is 0. The van der Waals surface area contributed by atoms with Crippen LogP contribution in [-0.2, 0) is 0 Å². The number of nitrogens with zero attached hydrogens (tertiary/aromatic N) is 3. The van der Waals surface area contributed by atoms with Crippen LogP contribution in [0.15, 0.2) is 37.1 Å². The van der Waals surface area contributed by atoms with E-state index in [4.69, 9.17) is 0 Å². The van der Waals surface area contributed by atoms with Crippen LogP contribution in [0.5, 0.6) is 0 Å². The van der Waals surface area contributed by atoms with E-state index in [1.807, 2.05) is 12.1 Å². The predicted octanol–water partition coefficient (Wildman–Crippen LogP) is 1.81. The number of carbonyl (C=O) groups is 1. The summed E-state index contributed by atoms with van der Waals surface area (Å²) < 4.78 is 1.45. The second-order valence-corrected chi connectivity index (χ2v) is 3.05. The van der Waals surface area contributed by atoms with Gasteiger partial charge in [-0.3, -0.25) is 14.3 Å². The quantitative estimate of drug-likeness (QED) is 0.742. The smallest absolute Gasteiger partial charge is 0.231 e. The summed E-state index contributed by atoms with van der Waals surface area (Å²) in [5, 5.41) is 0. The van der Waals surface area contributed by atoms with Gasteiger partial charge in [-0.25, -0.2) is 4.98 Å². The Hall–Kier alpha value is -1.97. The molecule has 0 unspecified atom stereocenters. The van der Waals surface area contributed by atoms with Crippen molar-refractivity contribution in [3.05, 3.63) is 44.0 Å². The first-order chi connectivity index (χ1) is 7.31. The van der Waals surface area contributed by atoms with Crippen LogP contribution in [-0.4, -0.2) is 20.4 Å². The van der Waals surface area contributed by atoms with Crippen molar-refractivity contribution in [2.24, 2.45) is 0 Å². The van der Waals surface area contributed by atoms with E-state index in [0.29, 0.717) is 0 Å². The molecule has 2 aromatic heterocycles. The standard InChI is InChI=1S/C11H10N3O/c1-2-11(15)14-7-10(13-8-14)9-3-5-12-6-4-9/h3-8H,1-2H2. The van der Waals surface area contributed by atoms with Crippen molar-refractivity contribution in [2.45, 2.75) is 6.42 Å². The molecule has 4 nitrogen and oxygen atoms in total. The van der Waals surface area contributed by atoms with Crippen molar-refractivity contribution in [1.29, 1.82) is 0 Å². The Morgan fingerprint density at radius 1 is 1.40 bits per heavy atom. The van der Waals surface area contributed by atoms with Gasteiger partial charge in [0.1, 0.15) is 6.33 Å². The minimum atomic E-state index is -0.0668. The lowest BCUT2D eigenvalue weighted by atomic mass is 10.2. The molecule has 0 N–H and O–H groups in total. The van der Waals surface area contributed by atoms with E-state index < -0.39 is 0 Å². The molecule has 0 saturated heterocycles. The summed E-state index contributed by atoms with van der Waals surface area (Å²) in [6.07, 6.45) is 6.81. The highest BCUT2D eigenvalue weighted by Crippen LogP contribution is 2.15. The fraction of sp³-hybridized carbons (Fsp3) is 0.0909. The van der Waals surface area contributed by atoms with Gasteiger partial charge in [-0.15, -0.1) is 0 Å². The summed E-state index contributed by atoms with van der Waals surface area (Å²) in [5.41, 5.74) is 1.71. The van der Waals surface area contributed by atoms with E-state index >= 15 is 0 Å². The highest BCUT2D eigenvalue weighted by atomic mass is 16.2. The van der Waals surface area contributed by atoms with Gasteiger partial charge in [0, 0.05) is 30.6 Å². The van der Waals surface area contributed by atoms with Crippen LogP contribution in [0.4, 0.5) is 0 Å². The summed E-state index contributed by atoms with van der Waals surface area (Å²) in [6, 6.07) is 3.70. The van der Waals surface area contributed by atoms with Gasteiger partial charge in [0.25, 0.3) is 0 Å². The summed E-state index contributed by atoms with van der Waals surface area (Å²) >= 11 is 0. The fourth-order valence-corrected chi connectivity index (χ4v) is 1.26. The third-order valence-corrected chi connectivity index (χ3v) is 2.06. The van der Waals surface area contributed by atoms with E-state index in [1.54, 1.807) is 18.6 Å². The molecule has 0 amide bonds. The minimum absolute atomic E-state index is 0.0668. The number of rotatable bonds is 2. The van der Waals surface area contributed by atoms with Gasteiger partial charge < -0.3 is 0 Å². The molecule has 15 heavy (non-hydrogen) atoms. The molecule has 0 fully saturated rings. The lowest BCUT2D eigenvalue weighted by Crippen LogP contribution is -2.05. The van der Waals surface area contributed by atoms with Crippen LogP contribution in [0.1, 0.15) is 11.2 Å². The number of imidazole rings is 1. The first kappa shape index (κ1) is 9.58. The van der Waals surface area contributed by atoms with Crippen molar-refractivity contribution in [3.63, 3.8) is 0 Å². The topological polar surface area (TPSA) is 47.8 Å². The Morgan fingerprint density at radius 2 is 2.13 bits per heavy atom. The largest absolute Gasteiger partial charge is 0.276 e. The van der Waals surface area contributed by atoms with Gasteiger partial charge in [0.2, 0.25) is 5.91 Å². The molecule has 0 spiro atoms. The van der Waals surface area contributed by atoms with Crippen LogP contribution in [0.3, 0.4) is 0 Å². The number of carbonyl (C=O) groups excluding carboxylic acids is 1. The monoisotopic (exact) mass is 200 g/mol. The highest BCUT2D eigenvalue weighted by Gasteiger charge is 2.05. The molecular weight excluding hydrogens is 190 g/mol. The molecule has 2 heterocycles. The van der Waals surface area contributed by atoms with Crippen LogP contribution >= 0.6 is 0 Å². The SMILES string of the molecule is [CH2]CC(=O)n1cnc(-c2ccncc2)c1. The predicted molar refractivity (Wildman–Crippen MR) is 56.1 cm³/mol. The number of aromatic nitrogens is 3. The second kappa shape index (κ2) is 4.04. The summed E-state index contributed by atoms with van der Waals surface area (Å²) in [4.78, 5) is 19.4. The minimum Gasteiger partial charge on any atom is -0.276 e. The Morgan fingerprint density at radius 3 is 2.80 bits per heavy atom. The third kappa shape index (κ3) is 1.93. The first-order valence-electron chi connectivity index (χ1n) is 4.58. The molecule has 75 valence electrons. The van der Waals surface area contributed by atoms with Crippen molar-refractivity contribution in [2.75, 3.05) is 0 Å². The Balaban J connectivity index is 2.32. The van der Waals surface area contributed by atoms with Crippen molar-refractivity contribution in [1.82, 2.24) is 14.5 Å². The van der Waals surface area contributed by atoms with E-state index in [0.717, 1.165) is 11.3 Å². The molecule has 1 radical (unpaired) electrons. The summed E-state index contributed by atoms with van der Waals surface area (Å²) in [5.74, 6) is -0.0668. The van der Waals surface area contributed by atoms with Crippen molar-refractivity contribution >= 4 is 5.91 Å². The summed E-state index contributed by atoms with van der Waals surface area (Å²) in [7, 11) is 0. The maximum Gasteiger partial charge on any atom is 0.231 e. The number of pyridine rings is 1. The Kier molecular flexibility index (Phi) is 2.58. The molecule has 0 atom stereocenters. The van der Waals surface area contributed by atoms with Gasteiger partial charge in [0.05, 0.1) is 5.69 Å². The summed E-state index contributed by atoms with van der Waals surface area (Å²) in [6.45, 7) is 3.54. The van der Waals surface area contributed by atoms with E-state index in [2.05, 4.69) is 16.9 Å². The lowest BCUT2D eigenvalue weighted by molar-refractivity contribution is 0.0916. The van der Waals surface area contributed by atoms with E-state index in [1.165, 1.54) is 10.9 Å². The molecule has 2 rings (SSSR count). The van der Waals surface area contributed by atoms with Gasteiger partial charge in [0.15, 0.2) is 0 Å². The normalized spacial score (nSPS) is 10.2. The van der Waals surface area contributed by atoms with Crippen LogP contribution in [0.25, 0.3) is 11.3 Å². The van der Waals surface area contributed by atoms with Crippen LogP contribution in [0.2, 0.25) is 0 Å². The van der Waals surface area contributed by atoms with Gasteiger partial charge in [-0.1, -0.05) is 0 Å².